The lowest BCUT2D eigenvalue weighted by Crippen LogP contribution is -2.19. The monoisotopic (exact) mass is 325 g/mol. The van der Waals surface area contributed by atoms with E-state index in [0.717, 1.165) is 11.3 Å². The highest BCUT2D eigenvalue weighted by atomic mass is 19.1. The van der Waals surface area contributed by atoms with E-state index >= 15 is 0 Å². The molecule has 122 valence electrons. The van der Waals surface area contributed by atoms with E-state index in [1.807, 2.05) is 31.3 Å². The van der Waals surface area contributed by atoms with Crippen molar-refractivity contribution in [3.63, 3.8) is 0 Å². The summed E-state index contributed by atoms with van der Waals surface area (Å²) in [6.07, 6.45) is 1.69. The van der Waals surface area contributed by atoms with E-state index in [1.54, 1.807) is 12.3 Å². The maximum absolute atomic E-state index is 13.1. The second-order valence-corrected chi connectivity index (χ2v) is 5.19. The Morgan fingerprint density at radius 2 is 1.96 bits per heavy atom. The van der Waals surface area contributed by atoms with Gasteiger partial charge in [-0.1, -0.05) is 23.4 Å². The molecule has 0 saturated carbocycles. The molecule has 1 amide bonds. The number of anilines is 2. The normalized spacial score (nSPS) is 10.4. The van der Waals surface area contributed by atoms with E-state index in [4.69, 9.17) is 0 Å². The fourth-order valence-electron chi connectivity index (χ4n) is 2.26. The van der Waals surface area contributed by atoms with Crippen LogP contribution in [-0.4, -0.2) is 27.9 Å². The third kappa shape index (κ3) is 3.75. The summed E-state index contributed by atoms with van der Waals surface area (Å²) in [4.78, 5) is 12.0. The Labute approximate surface area is 138 Å². The van der Waals surface area contributed by atoms with Gasteiger partial charge in [-0.15, -0.1) is 5.10 Å². The number of rotatable bonds is 5. The highest BCUT2D eigenvalue weighted by Gasteiger charge is 2.08. The second kappa shape index (κ2) is 6.91. The van der Waals surface area contributed by atoms with Crippen LogP contribution in [-0.2, 0) is 11.3 Å². The van der Waals surface area contributed by atoms with Gasteiger partial charge in [-0.25, -0.2) is 9.07 Å². The molecule has 0 atom stereocenters. The van der Waals surface area contributed by atoms with Gasteiger partial charge in [0.2, 0.25) is 5.91 Å². The van der Waals surface area contributed by atoms with Gasteiger partial charge in [-0.05, 0) is 30.3 Å². The summed E-state index contributed by atoms with van der Waals surface area (Å²) in [5.74, 6) is -0.707. The molecule has 0 unspecified atom stereocenters. The zero-order valence-electron chi connectivity index (χ0n) is 13.0. The van der Waals surface area contributed by atoms with Crippen LogP contribution in [0.4, 0.5) is 15.8 Å². The zero-order valence-corrected chi connectivity index (χ0v) is 13.0. The van der Waals surface area contributed by atoms with E-state index in [9.17, 15) is 9.18 Å². The smallest absolute Gasteiger partial charge is 0.246 e. The van der Waals surface area contributed by atoms with Crippen molar-refractivity contribution < 1.29 is 9.18 Å². The summed E-state index contributed by atoms with van der Waals surface area (Å²) in [5.41, 5.74) is 2.94. The minimum atomic E-state index is -0.403. The molecule has 0 fully saturated rings. The lowest BCUT2D eigenvalue weighted by Gasteiger charge is -2.04. The Bertz CT molecular complexity index is 861. The van der Waals surface area contributed by atoms with Crippen molar-refractivity contribution in [2.24, 2.45) is 0 Å². The molecule has 6 nitrogen and oxygen atoms in total. The number of aromatic nitrogens is 3. The molecule has 0 radical (unpaired) electrons. The van der Waals surface area contributed by atoms with Gasteiger partial charge in [-0.3, -0.25) is 4.79 Å². The van der Waals surface area contributed by atoms with Crippen molar-refractivity contribution in [1.82, 2.24) is 15.0 Å². The number of carbonyl (C=O) groups excluding carboxylic acids is 1. The minimum absolute atomic E-state index is 0.00473. The van der Waals surface area contributed by atoms with Crippen molar-refractivity contribution >= 4 is 17.3 Å². The van der Waals surface area contributed by atoms with Crippen molar-refractivity contribution in [1.29, 1.82) is 0 Å². The molecule has 1 heterocycles. The number of hydrogen-bond donors (Lipinski definition) is 2. The van der Waals surface area contributed by atoms with Crippen LogP contribution in [0.5, 0.6) is 0 Å². The summed E-state index contributed by atoms with van der Waals surface area (Å²) in [7, 11) is 1.84. The highest BCUT2D eigenvalue weighted by molar-refractivity contribution is 5.90. The Hall–Kier alpha value is -3.22. The maximum atomic E-state index is 13.1. The standard InChI is InChI=1S/C17H16FN5O/c1-19-14-6-2-4-12(8-14)16-10-23(22-21-16)11-17(24)20-15-7-3-5-13(18)9-15/h2-10,19H,11H2,1H3,(H,20,24). The molecule has 0 aliphatic carbocycles. The molecule has 2 N–H and O–H groups in total. The van der Waals surface area contributed by atoms with Gasteiger partial charge >= 0.3 is 0 Å². The quantitative estimate of drug-likeness (QED) is 0.757. The molecule has 3 aromatic rings. The van der Waals surface area contributed by atoms with E-state index in [1.165, 1.54) is 22.9 Å². The molecular weight excluding hydrogens is 309 g/mol. The van der Waals surface area contributed by atoms with Crippen LogP contribution in [0.25, 0.3) is 11.3 Å². The van der Waals surface area contributed by atoms with Crippen LogP contribution in [0.2, 0.25) is 0 Å². The number of carbonyl (C=O) groups is 1. The van der Waals surface area contributed by atoms with Crippen LogP contribution < -0.4 is 10.6 Å². The van der Waals surface area contributed by atoms with Crippen molar-refractivity contribution in [3.8, 4) is 11.3 Å². The Kier molecular flexibility index (Phi) is 4.51. The molecule has 3 rings (SSSR count). The van der Waals surface area contributed by atoms with E-state index in [2.05, 4.69) is 20.9 Å². The van der Waals surface area contributed by atoms with Crippen LogP contribution in [0.3, 0.4) is 0 Å². The molecule has 1 aromatic heterocycles. The van der Waals surface area contributed by atoms with Gasteiger partial charge in [0, 0.05) is 24.0 Å². The molecule has 0 spiro atoms. The first-order valence-corrected chi connectivity index (χ1v) is 7.38. The van der Waals surface area contributed by atoms with E-state index in [0.29, 0.717) is 11.4 Å². The number of benzene rings is 2. The summed E-state index contributed by atoms with van der Waals surface area (Å²) in [6, 6.07) is 13.5. The first-order valence-electron chi connectivity index (χ1n) is 7.38. The zero-order chi connectivity index (χ0) is 16.9. The summed E-state index contributed by atoms with van der Waals surface area (Å²) in [5, 5.41) is 13.7. The average molecular weight is 325 g/mol. The number of hydrogen-bond acceptors (Lipinski definition) is 4. The number of halogens is 1. The van der Waals surface area contributed by atoms with Gasteiger partial charge in [-0.2, -0.15) is 0 Å². The van der Waals surface area contributed by atoms with Crippen LogP contribution in [0.15, 0.2) is 54.7 Å². The lowest BCUT2D eigenvalue weighted by atomic mass is 10.1. The van der Waals surface area contributed by atoms with Crippen molar-refractivity contribution in [2.75, 3.05) is 17.7 Å². The first kappa shape index (κ1) is 15.7. The molecule has 24 heavy (non-hydrogen) atoms. The average Bonchev–Trinajstić information content (AvgIpc) is 3.03. The first-order chi connectivity index (χ1) is 11.6. The predicted octanol–water partition coefficient (Wildman–Crippen LogP) is 2.76. The third-order valence-electron chi connectivity index (χ3n) is 3.40. The highest BCUT2D eigenvalue weighted by Crippen LogP contribution is 2.20. The van der Waals surface area contributed by atoms with Gasteiger partial charge in [0.25, 0.3) is 0 Å². The third-order valence-corrected chi connectivity index (χ3v) is 3.40. The molecule has 0 aliphatic heterocycles. The topological polar surface area (TPSA) is 71.8 Å². The van der Waals surface area contributed by atoms with Gasteiger partial charge in [0.05, 0.1) is 6.20 Å². The molecule has 0 bridgehead atoms. The number of nitrogens with one attached hydrogen (secondary N) is 2. The van der Waals surface area contributed by atoms with Gasteiger partial charge in [0.1, 0.15) is 18.1 Å². The Balaban J connectivity index is 1.68. The predicted molar refractivity (Wildman–Crippen MR) is 90.0 cm³/mol. The van der Waals surface area contributed by atoms with Crippen LogP contribution in [0.1, 0.15) is 0 Å². The maximum Gasteiger partial charge on any atom is 0.246 e. The van der Waals surface area contributed by atoms with E-state index in [-0.39, 0.29) is 12.5 Å². The summed E-state index contributed by atoms with van der Waals surface area (Å²) < 4.78 is 14.6. The Morgan fingerprint density at radius 3 is 2.75 bits per heavy atom. The molecule has 0 saturated heterocycles. The van der Waals surface area contributed by atoms with Crippen molar-refractivity contribution in [3.05, 3.63) is 60.5 Å². The minimum Gasteiger partial charge on any atom is -0.388 e. The molecule has 7 heteroatoms. The molecule has 0 aliphatic rings. The van der Waals surface area contributed by atoms with Crippen LogP contribution >= 0.6 is 0 Å². The van der Waals surface area contributed by atoms with E-state index < -0.39 is 5.82 Å². The molecule has 2 aromatic carbocycles. The van der Waals surface area contributed by atoms with Gasteiger partial charge in [0.15, 0.2) is 0 Å². The Morgan fingerprint density at radius 1 is 1.17 bits per heavy atom. The van der Waals surface area contributed by atoms with Gasteiger partial charge < -0.3 is 10.6 Å². The lowest BCUT2D eigenvalue weighted by molar-refractivity contribution is -0.116. The van der Waals surface area contributed by atoms with Crippen LogP contribution in [0, 0.1) is 5.82 Å². The molecular formula is C17H16FN5O. The largest absolute Gasteiger partial charge is 0.388 e. The van der Waals surface area contributed by atoms with Crippen molar-refractivity contribution in [2.45, 2.75) is 6.54 Å². The summed E-state index contributed by atoms with van der Waals surface area (Å²) >= 11 is 0. The number of amides is 1. The fraction of sp³-hybridized carbons (Fsp3) is 0.118. The number of nitrogens with zero attached hydrogens (tertiary/aromatic N) is 3. The second-order valence-electron chi connectivity index (χ2n) is 5.19. The SMILES string of the molecule is CNc1cccc(-c2cn(CC(=O)Nc3cccc(F)c3)nn2)c1. The fourth-order valence-corrected chi connectivity index (χ4v) is 2.26. The summed E-state index contributed by atoms with van der Waals surface area (Å²) in [6.45, 7) is -0.00473.